The Morgan fingerprint density at radius 2 is 2.00 bits per heavy atom. The molecule has 1 aliphatic heterocycles. The van der Waals surface area contributed by atoms with Crippen molar-refractivity contribution in [3.8, 4) is 0 Å². The quantitative estimate of drug-likeness (QED) is 0.821. The van der Waals surface area contributed by atoms with Gasteiger partial charge in [0.25, 0.3) is 0 Å². The first-order chi connectivity index (χ1) is 8.61. The van der Waals surface area contributed by atoms with Gasteiger partial charge >= 0.3 is 5.97 Å². The van der Waals surface area contributed by atoms with Crippen LogP contribution in [-0.2, 0) is 9.59 Å². The molecular weight excluding hydrogens is 250 g/mol. The van der Waals surface area contributed by atoms with E-state index in [-0.39, 0.29) is 18.2 Å². The van der Waals surface area contributed by atoms with Gasteiger partial charge in [0.1, 0.15) is 0 Å². The minimum absolute atomic E-state index is 0.0681. The Bertz CT molecular complexity index is 320. The molecule has 0 aromatic heterocycles. The molecule has 1 saturated heterocycles. The first-order valence-corrected chi connectivity index (χ1v) is 7.88. The second kappa shape index (κ2) is 5.95. The van der Waals surface area contributed by atoms with Crippen molar-refractivity contribution >= 4 is 23.6 Å². The molecule has 18 heavy (non-hydrogen) atoms. The Hall–Kier alpha value is -0.710. The summed E-state index contributed by atoms with van der Waals surface area (Å²) in [5, 5.41) is 12.1. The van der Waals surface area contributed by atoms with Crippen LogP contribution in [0.15, 0.2) is 0 Å². The summed E-state index contributed by atoms with van der Waals surface area (Å²) in [5.41, 5.74) is -0.478. The summed E-state index contributed by atoms with van der Waals surface area (Å²) >= 11 is 1.81. The number of thioether (sulfide) groups is 1. The molecule has 1 unspecified atom stereocenters. The van der Waals surface area contributed by atoms with Crippen LogP contribution in [0.2, 0.25) is 0 Å². The Balaban J connectivity index is 1.99. The van der Waals surface area contributed by atoms with Gasteiger partial charge in [-0.25, -0.2) is 0 Å². The molecule has 0 radical (unpaired) electrons. The molecule has 0 aromatic rings. The predicted molar refractivity (Wildman–Crippen MR) is 71.6 cm³/mol. The molecule has 1 amide bonds. The van der Waals surface area contributed by atoms with Crippen LogP contribution in [0.3, 0.4) is 0 Å². The minimum Gasteiger partial charge on any atom is -0.481 e. The second-order valence-corrected chi connectivity index (χ2v) is 6.61. The number of carbonyl (C=O) groups is 2. The Morgan fingerprint density at radius 1 is 1.28 bits per heavy atom. The zero-order chi connectivity index (χ0) is 13.0. The predicted octanol–water partition coefficient (Wildman–Crippen LogP) is 2.03. The molecule has 4 nitrogen and oxygen atoms in total. The van der Waals surface area contributed by atoms with Gasteiger partial charge in [-0.1, -0.05) is 19.3 Å². The van der Waals surface area contributed by atoms with Gasteiger partial charge in [0, 0.05) is 11.7 Å². The molecule has 1 heterocycles. The lowest BCUT2D eigenvalue weighted by molar-refractivity contribution is -0.140. The van der Waals surface area contributed by atoms with E-state index in [2.05, 4.69) is 5.32 Å². The summed E-state index contributed by atoms with van der Waals surface area (Å²) in [6.45, 7) is 0. The van der Waals surface area contributed by atoms with Crippen LogP contribution in [0.1, 0.15) is 44.9 Å². The van der Waals surface area contributed by atoms with Gasteiger partial charge in [-0.2, -0.15) is 11.8 Å². The fraction of sp³-hybridized carbons (Fsp3) is 0.846. The third kappa shape index (κ3) is 3.40. The lowest BCUT2D eigenvalue weighted by Crippen LogP contribution is -2.52. The van der Waals surface area contributed by atoms with Crippen molar-refractivity contribution in [2.24, 2.45) is 5.92 Å². The SMILES string of the molecule is O=C(O)CC1(NC(=O)C2CCSC2)CCCCC1. The van der Waals surface area contributed by atoms with E-state index in [1.54, 1.807) is 0 Å². The highest BCUT2D eigenvalue weighted by Gasteiger charge is 2.37. The molecule has 5 heteroatoms. The van der Waals surface area contributed by atoms with Gasteiger partial charge in [-0.15, -0.1) is 0 Å². The molecule has 2 N–H and O–H groups in total. The summed E-state index contributed by atoms with van der Waals surface area (Å²) in [4.78, 5) is 23.2. The number of hydrogen-bond acceptors (Lipinski definition) is 3. The van der Waals surface area contributed by atoms with E-state index >= 15 is 0 Å². The molecule has 2 fully saturated rings. The highest BCUT2D eigenvalue weighted by Crippen LogP contribution is 2.32. The van der Waals surface area contributed by atoms with E-state index in [1.807, 2.05) is 11.8 Å². The standard InChI is InChI=1S/C13H21NO3S/c15-11(16)8-13(5-2-1-3-6-13)14-12(17)10-4-7-18-9-10/h10H,1-9H2,(H,14,17)(H,15,16). The summed E-state index contributed by atoms with van der Waals surface area (Å²) in [6, 6.07) is 0. The topological polar surface area (TPSA) is 66.4 Å². The number of aliphatic carboxylic acids is 1. The van der Waals surface area contributed by atoms with Crippen LogP contribution in [0.5, 0.6) is 0 Å². The third-order valence-electron chi connectivity index (χ3n) is 3.99. The van der Waals surface area contributed by atoms with E-state index in [0.29, 0.717) is 0 Å². The fourth-order valence-electron chi connectivity index (χ4n) is 2.97. The molecule has 2 aliphatic rings. The van der Waals surface area contributed by atoms with Crippen LogP contribution in [-0.4, -0.2) is 34.0 Å². The smallest absolute Gasteiger partial charge is 0.305 e. The Kier molecular flexibility index (Phi) is 4.54. The molecule has 0 bridgehead atoms. The molecule has 2 rings (SSSR count). The van der Waals surface area contributed by atoms with Gasteiger partial charge in [0.15, 0.2) is 0 Å². The van der Waals surface area contributed by atoms with Gasteiger partial charge < -0.3 is 10.4 Å². The van der Waals surface area contributed by atoms with Gasteiger partial charge in [0.05, 0.1) is 12.0 Å². The van der Waals surface area contributed by atoms with Crippen molar-refractivity contribution in [3.63, 3.8) is 0 Å². The number of hydrogen-bond donors (Lipinski definition) is 2. The lowest BCUT2D eigenvalue weighted by Gasteiger charge is -2.37. The van der Waals surface area contributed by atoms with Crippen LogP contribution in [0.25, 0.3) is 0 Å². The summed E-state index contributed by atoms with van der Waals surface area (Å²) in [5.74, 6) is 1.28. The Morgan fingerprint density at radius 3 is 2.56 bits per heavy atom. The van der Waals surface area contributed by atoms with E-state index in [0.717, 1.165) is 50.0 Å². The van der Waals surface area contributed by atoms with E-state index in [9.17, 15) is 9.59 Å². The third-order valence-corrected chi connectivity index (χ3v) is 5.15. The summed E-state index contributed by atoms with van der Waals surface area (Å²) < 4.78 is 0. The number of rotatable bonds is 4. The lowest BCUT2D eigenvalue weighted by atomic mass is 9.79. The Labute approximate surface area is 112 Å². The van der Waals surface area contributed by atoms with Crippen LogP contribution in [0.4, 0.5) is 0 Å². The number of carboxylic acid groups (broad SMARTS) is 1. The number of carbonyl (C=O) groups excluding carboxylic acids is 1. The molecule has 1 atom stereocenters. The van der Waals surface area contributed by atoms with Crippen LogP contribution in [0, 0.1) is 5.92 Å². The average Bonchev–Trinajstić information content (AvgIpc) is 2.82. The van der Waals surface area contributed by atoms with E-state index in [4.69, 9.17) is 5.11 Å². The maximum absolute atomic E-state index is 12.2. The number of amides is 1. The monoisotopic (exact) mass is 271 g/mol. The average molecular weight is 271 g/mol. The normalized spacial score (nSPS) is 26.8. The van der Waals surface area contributed by atoms with Crippen molar-refractivity contribution < 1.29 is 14.7 Å². The first kappa shape index (κ1) is 13.7. The van der Waals surface area contributed by atoms with Crippen molar-refractivity contribution in [1.29, 1.82) is 0 Å². The van der Waals surface area contributed by atoms with Crippen LogP contribution >= 0.6 is 11.8 Å². The van der Waals surface area contributed by atoms with Crippen molar-refractivity contribution in [2.45, 2.75) is 50.5 Å². The maximum atomic E-state index is 12.2. The van der Waals surface area contributed by atoms with Crippen molar-refractivity contribution in [3.05, 3.63) is 0 Å². The van der Waals surface area contributed by atoms with Crippen LogP contribution < -0.4 is 5.32 Å². The second-order valence-electron chi connectivity index (χ2n) is 5.46. The van der Waals surface area contributed by atoms with Gasteiger partial charge in [0.2, 0.25) is 5.91 Å². The first-order valence-electron chi connectivity index (χ1n) is 6.73. The molecule has 1 aliphatic carbocycles. The van der Waals surface area contributed by atoms with E-state index in [1.165, 1.54) is 0 Å². The maximum Gasteiger partial charge on any atom is 0.305 e. The van der Waals surface area contributed by atoms with Crippen molar-refractivity contribution in [1.82, 2.24) is 5.32 Å². The molecular formula is C13H21NO3S. The molecule has 102 valence electrons. The zero-order valence-electron chi connectivity index (χ0n) is 10.6. The van der Waals surface area contributed by atoms with Gasteiger partial charge in [-0.3, -0.25) is 9.59 Å². The largest absolute Gasteiger partial charge is 0.481 e. The minimum atomic E-state index is -0.807. The molecule has 0 aromatic carbocycles. The van der Waals surface area contributed by atoms with Gasteiger partial charge in [-0.05, 0) is 25.0 Å². The summed E-state index contributed by atoms with van der Waals surface area (Å²) in [7, 11) is 0. The zero-order valence-corrected chi connectivity index (χ0v) is 11.4. The summed E-state index contributed by atoms with van der Waals surface area (Å²) in [6.07, 6.45) is 5.81. The molecule has 1 saturated carbocycles. The number of carboxylic acids is 1. The highest BCUT2D eigenvalue weighted by molar-refractivity contribution is 7.99. The number of nitrogens with one attached hydrogen (secondary N) is 1. The van der Waals surface area contributed by atoms with E-state index < -0.39 is 11.5 Å². The molecule has 0 spiro atoms. The highest BCUT2D eigenvalue weighted by atomic mass is 32.2. The fourth-order valence-corrected chi connectivity index (χ4v) is 4.19. The van der Waals surface area contributed by atoms with Crippen molar-refractivity contribution in [2.75, 3.05) is 11.5 Å².